The molecule has 1 aliphatic rings. The smallest absolute Gasteiger partial charge is 0.161 e. The van der Waals surface area contributed by atoms with E-state index in [0.29, 0.717) is 18.0 Å². The number of hydrogen-bond donors (Lipinski definition) is 1. The second-order valence-corrected chi connectivity index (χ2v) is 5.78. The van der Waals surface area contributed by atoms with Gasteiger partial charge in [-0.3, -0.25) is 0 Å². The minimum absolute atomic E-state index is 0.496. The van der Waals surface area contributed by atoms with Crippen molar-refractivity contribution in [1.29, 1.82) is 0 Å². The van der Waals surface area contributed by atoms with E-state index in [0.717, 1.165) is 24.6 Å². The fourth-order valence-electron chi connectivity index (χ4n) is 2.78. The molecule has 4 nitrogen and oxygen atoms in total. The number of benzene rings is 1. The number of likely N-dealkylation sites (N-methyl/N-ethyl adjacent to an activating group) is 1. The van der Waals surface area contributed by atoms with E-state index >= 15 is 0 Å². The van der Waals surface area contributed by atoms with Gasteiger partial charge in [0, 0.05) is 13.1 Å². The quantitative estimate of drug-likeness (QED) is 0.800. The SMILES string of the molecule is CCN(CC1CCC1)CC(O)c1ccc(OC)c(OC)c1. The Hall–Kier alpha value is -1.26. The highest BCUT2D eigenvalue weighted by Gasteiger charge is 2.22. The van der Waals surface area contributed by atoms with Crippen LogP contribution in [0.3, 0.4) is 0 Å². The molecule has 1 aromatic carbocycles. The summed E-state index contributed by atoms with van der Waals surface area (Å²) >= 11 is 0. The van der Waals surface area contributed by atoms with Crippen LogP contribution in [0, 0.1) is 5.92 Å². The molecule has 1 saturated carbocycles. The predicted molar refractivity (Wildman–Crippen MR) is 84.0 cm³/mol. The lowest BCUT2D eigenvalue weighted by Gasteiger charge is -2.32. The summed E-state index contributed by atoms with van der Waals surface area (Å²) < 4.78 is 10.5. The lowest BCUT2D eigenvalue weighted by atomic mass is 9.85. The van der Waals surface area contributed by atoms with Gasteiger partial charge in [0.25, 0.3) is 0 Å². The van der Waals surface area contributed by atoms with Crippen molar-refractivity contribution in [1.82, 2.24) is 4.90 Å². The second kappa shape index (κ2) is 7.66. The van der Waals surface area contributed by atoms with Gasteiger partial charge in [0.15, 0.2) is 11.5 Å². The van der Waals surface area contributed by atoms with Crippen molar-refractivity contribution in [3.8, 4) is 11.5 Å². The van der Waals surface area contributed by atoms with Crippen molar-refractivity contribution in [2.45, 2.75) is 32.3 Å². The Balaban J connectivity index is 1.98. The predicted octanol–water partition coefficient (Wildman–Crippen LogP) is 2.86. The minimum Gasteiger partial charge on any atom is -0.493 e. The van der Waals surface area contributed by atoms with Gasteiger partial charge < -0.3 is 19.5 Å². The van der Waals surface area contributed by atoms with Gasteiger partial charge in [-0.2, -0.15) is 0 Å². The van der Waals surface area contributed by atoms with Crippen molar-refractivity contribution in [3.05, 3.63) is 23.8 Å². The molecule has 0 radical (unpaired) electrons. The van der Waals surface area contributed by atoms with Crippen molar-refractivity contribution in [3.63, 3.8) is 0 Å². The lowest BCUT2D eigenvalue weighted by molar-refractivity contribution is 0.0939. The first-order chi connectivity index (χ1) is 10.2. The molecule has 0 spiro atoms. The molecular weight excluding hydrogens is 266 g/mol. The zero-order valence-corrected chi connectivity index (χ0v) is 13.3. The summed E-state index contributed by atoms with van der Waals surface area (Å²) in [5, 5.41) is 10.5. The molecule has 1 fully saturated rings. The van der Waals surface area contributed by atoms with Gasteiger partial charge in [-0.15, -0.1) is 0 Å². The average Bonchev–Trinajstić information content (AvgIpc) is 2.48. The Morgan fingerprint density at radius 2 is 1.95 bits per heavy atom. The van der Waals surface area contributed by atoms with E-state index < -0.39 is 6.10 Å². The van der Waals surface area contributed by atoms with Crippen molar-refractivity contribution in [2.24, 2.45) is 5.92 Å². The van der Waals surface area contributed by atoms with Crippen LogP contribution >= 0.6 is 0 Å². The van der Waals surface area contributed by atoms with Crippen molar-refractivity contribution >= 4 is 0 Å². The maximum absolute atomic E-state index is 10.5. The van der Waals surface area contributed by atoms with Gasteiger partial charge in [-0.1, -0.05) is 19.4 Å². The Morgan fingerprint density at radius 1 is 1.24 bits per heavy atom. The van der Waals surface area contributed by atoms with Crippen LogP contribution < -0.4 is 9.47 Å². The summed E-state index contributed by atoms with van der Waals surface area (Å²) in [5.41, 5.74) is 0.875. The number of methoxy groups -OCH3 is 2. The number of hydrogen-bond acceptors (Lipinski definition) is 4. The summed E-state index contributed by atoms with van der Waals surface area (Å²) in [4.78, 5) is 2.34. The normalized spacial score (nSPS) is 16.6. The Kier molecular flexibility index (Phi) is 5.88. The van der Waals surface area contributed by atoms with Crippen molar-refractivity contribution < 1.29 is 14.6 Å². The summed E-state index contributed by atoms with van der Waals surface area (Å²) in [6, 6.07) is 5.61. The molecule has 118 valence electrons. The number of rotatable bonds is 8. The molecule has 0 heterocycles. The lowest BCUT2D eigenvalue weighted by Crippen LogP contribution is -2.35. The van der Waals surface area contributed by atoms with Gasteiger partial charge in [0.1, 0.15) is 0 Å². The van der Waals surface area contributed by atoms with E-state index in [4.69, 9.17) is 9.47 Å². The van der Waals surface area contributed by atoms with E-state index in [2.05, 4.69) is 11.8 Å². The molecule has 1 aliphatic carbocycles. The largest absolute Gasteiger partial charge is 0.493 e. The topological polar surface area (TPSA) is 41.9 Å². The Morgan fingerprint density at radius 3 is 2.48 bits per heavy atom. The van der Waals surface area contributed by atoms with Crippen LogP contribution in [0.4, 0.5) is 0 Å². The van der Waals surface area contributed by atoms with Crippen LogP contribution in [-0.4, -0.2) is 43.9 Å². The third-order valence-corrected chi connectivity index (χ3v) is 4.41. The molecule has 0 amide bonds. The first kappa shape index (κ1) is 16.1. The molecule has 0 saturated heterocycles. The number of nitrogens with zero attached hydrogens (tertiary/aromatic N) is 1. The summed E-state index contributed by atoms with van der Waals surface area (Å²) in [5.74, 6) is 2.17. The van der Waals surface area contributed by atoms with E-state index in [1.54, 1.807) is 14.2 Å². The zero-order chi connectivity index (χ0) is 15.2. The highest BCUT2D eigenvalue weighted by Crippen LogP contribution is 2.31. The monoisotopic (exact) mass is 293 g/mol. The number of ether oxygens (including phenoxy) is 2. The molecule has 21 heavy (non-hydrogen) atoms. The van der Waals surface area contributed by atoms with Crippen LogP contribution in [0.5, 0.6) is 11.5 Å². The van der Waals surface area contributed by atoms with Gasteiger partial charge >= 0.3 is 0 Å². The molecule has 0 bridgehead atoms. The zero-order valence-electron chi connectivity index (χ0n) is 13.3. The highest BCUT2D eigenvalue weighted by atomic mass is 16.5. The summed E-state index contributed by atoms with van der Waals surface area (Å²) in [7, 11) is 3.23. The molecule has 1 N–H and O–H groups in total. The van der Waals surface area contributed by atoms with Gasteiger partial charge in [-0.25, -0.2) is 0 Å². The highest BCUT2D eigenvalue weighted by molar-refractivity contribution is 5.43. The first-order valence-corrected chi connectivity index (χ1v) is 7.80. The molecule has 1 atom stereocenters. The third-order valence-electron chi connectivity index (χ3n) is 4.41. The van der Waals surface area contributed by atoms with Gasteiger partial charge in [0.2, 0.25) is 0 Å². The molecule has 0 aliphatic heterocycles. The third kappa shape index (κ3) is 4.11. The summed E-state index contributed by atoms with van der Waals surface area (Å²) in [6.45, 7) is 4.89. The van der Waals surface area contributed by atoms with Crippen LogP contribution in [-0.2, 0) is 0 Å². The van der Waals surface area contributed by atoms with Gasteiger partial charge in [0.05, 0.1) is 20.3 Å². The van der Waals surface area contributed by atoms with Crippen LogP contribution in [0.25, 0.3) is 0 Å². The van der Waals surface area contributed by atoms with Crippen molar-refractivity contribution in [2.75, 3.05) is 33.9 Å². The van der Waals surface area contributed by atoms with Crippen LogP contribution in [0.1, 0.15) is 37.9 Å². The Labute approximate surface area is 127 Å². The summed E-state index contributed by atoms with van der Waals surface area (Å²) in [6.07, 6.45) is 3.54. The molecule has 0 aromatic heterocycles. The molecule has 1 unspecified atom stereocenters. The number of aliphatic hydroxyl groups excluding tert-OH is 1. The molecule has 1 aromatic rings. The van der Waals surface area contributed by atoms with Crippen LogP contribution in [0.2, 0.25) is 0 Å². The molecular formula is C17H27NO3. The number of aliphatic hydroxyl groups is 1. The second-order valence-electron chi connectivity index (χ2n) is 5.78. The van der Waals surface area contributed by atoms with Gasteiger partial charge in [-0.05, 0) is 43.0 Å². The minimum atomic E-state index is -0.496. The maximum atomic E-state index is 10.5. The van der Waals surface area contributed by atoms with E-state index in [9.17, 15) is 5.11 Å². The van der Waals surface area contributed by atoms with Crippen LogP contribution in [0.15, 0.2) is 18.2 Å². The van der Waals surface area contributed by atoms with E-state index in [-0.39, 0.29) is 0 Å². The molecule has 4 heteroatoms. The Bertz CT molecular complexity index is 446. The fourth-order valence-corrected chi connectivity index (χ4v) is 2.78. The maximum Gasteiger partial charge on any atom is 0.161 e. The van der Waals surface area contributed by atoms with E-state index in [1.165, 1.54) is 19.3 Å². The first-order valence-electron chi connectivity index (χ1n) is 7.80. The average molecular weight is 293 g/mol. The fraction of sp³-hybridized carbons (Fsp3) is 0.647. The standard InChI is InChI=1S/C17H27NO3/c1-4-18(11-13-6-5-7-13)12-15(19)14-8-9-16(20-2)17(10-14)21-3/h8-10,13,15,19H,4-7,11-12H2,1-3H3. The molecule has 2 rings (SSSR count). The van der Waals surface area contributed by atoms with E-state index in [1.807, 2.05) is 18.2 Å².